The van der Waals surface area contributed by atoms with Crippen LogP contribution in [0, 0.1) is 0 Å². The first-order chi connectivity index (χ1) is 13.1. The highest BCUT2D eigenvalue weighted by Gasteiger charge is 2.21. The summed E-state index contributed by atoms with van der Waals surface area (Å²) in [5.74, 6) is 1.02. The largest absolute Gasteiger partial charge is 0.467 e. The quantitative estimate of drug-likeness (QED) is 0.749. The Bertz CT molecular complexity index is 830. The molecule has 0 aliphatic carbocycles. The van der Waals surface area contributed by atoms with E-state index in [1.165, 1.54) is 5.69 Å². The fraction of sp³-hybridized carbons (Fsp3) is 0.381. The van der Waals surface area contributed by atoms with Crippen molar-refractivity contribution in [3.63, 3.8) is 0 Å². The lowest BCUT2D eigenvalue weighted by Gasteiger charge is -2.36. The molecule has 2 heterocycles. The van der Waals surface area contributed by atoms with E-state index < -0.39 is 0 Å². The van der Waals surface area contributed by atoms with E-state index >= 15 is 0 Å². The number of carbonyl (C=O) groups is 1. The van der Waals surface area contributed by atoms with Gasteiger partial charge in [0.1, 0.15) is 5.75 Å². The molecule has 2 aromatic carbocycles. The Morgan fingerprint density at radius 1 is 1.11 bits per heavy atom. The van der Waals surface area contributed by atoms with Crippen molar-refractivity contribution in [2.24, 2.45) is 0 Å². The van der Waals surface area contributed by atoms with Crippen LogP contribution in [0.1, 0.15) is 28.4 Å². The summed E-state index contributed by atoms with van der Waals surface area (Å²) in [6, 6.07) is 11.8. The summed E-state index contributed by atoms with van der Waals surface area (Å²) in [7, 11) is 0. The molecule has 1 fully saturated rings. The molecule has 0 amide bonds. The number of ketones is 1. The highest BCUT2D eigenvalue weighted by atomic mass is 35.5. The van der Waals surface area contributed by atoms with Gasteiger partial charge in [0.25, 0.3) is 0 Å². The van der Waals surface area contributed by atoms with Crippen LogP contribution in [-0.2, 0) is 17.9 Å². The fourth-order valence-corrected chi connectivity index (χ4v) is 3.95. The first kappa shape index (κ1) is 18.3. The van der Waals surface area contributed by atoms with Crippen molar-refractivity contribution in [2.75, 3.05) is 37.9 Å². The third-order valence-corrected chi connectivity index (χ3v) is 5.38. The molecule has 5 nitrogen and oxygen atoms in total. The van der Waals surface area contributed by atoms with E-state index in [1.807, 2.05) is 36.4 Å². The number of fused-ring (bicyclic) bond motifs is 1. The van der Waals surface area contributed by atoms with E-state index in [4.69, 9.17) is 21.1 Å². The van der Waals surface area contributed by atoms with Gasteiger partial charge in [0, 0.05) is 60.1 Å². The fourth-order valence-electron chi connectivity index (χ4n) is 3.69. The predicted octanol–water partition coefficient (Wildman–Crippen LogP) is 3.73. The number of anilines is 1. The second-order valence-corrected chi connectivity index (χ2v) is 7.47. The summed E-state index contributed by atoms with van der Waals surface area (Å²) < 4.78 is 11.1. The van der Waals surface area contributed by atoms with Gasteiger partial charge in [-0.3, -0.25) is 9.69 Å². The number of benzene rings is 2. The van der Waals surface area contributed by atoms with Crippen LogP contribution in [0.25, 0.3) is 0 Å². The number of rotatable bonds is 4. The van der Waals surface area contributed by atoms with Crippen LogP contribution >= 0.6 is 11.6 Å². The number of nitrogens with zero attached hydrogens (tertiary/aromatic N) is 2. The Labute approximate surface area is 164 Å². The Morgan fingerprint density at radius 3 is 2.56 bits per heavy atom. The first-order valence-corrected chi connectivity index (χ1v) is 9.58. The molecule has 0 saturated carbocycles. The monoisotopic (exact) mass is 386 g/mol. The van der Waals surface area contributed by atoms with E-state index in [0.717, 1.165) is 60.2 Å². The average Bonchev–Trinajstić information content (AvgIpc) is 2.68. The number of hydrogen-bond acceptors (Lipinski definition) is 5. The molecule has 0 aromatic heterocycles. The smallest absolute Gasteiger partial charge is 0.189 e. The zero-order valence-electron chi connectivity index (χ0n) is 15.4. The highest BCUT2D eigenvalue weighted by molar-refractivity contribution is 6.30. The minimum absolute atomic E-state index is 0.101. The number of carbonyl (C=O) groups excluding carboxylic acids is 1. The van der Waals surface area contributed by atoms with Crippen LogP contribution in [0.3, 0.4) is 0 Å². The van der Waals surface area contributed by atoms with Crippen LogP contribution in [-0.4, -0.2) is 43.7 Å². The van der Waals surface area contributed by atoms with Gasteiger partial charge >= 0.3 is 0 Å². The van der Waals surface area contributed by atoms with Gasteiger partial charge in [-0.25, -0.2) is 0 Å². The number of halogens is 1. The number of ether oxygens (including phenoxy) is 2. The van der Waals surface area contributed by atoms with Gasteiger partial charge in [0.05, 0.1) is 6.61 Å². The van der Waals surface area contributed by atoms with Gasteiger partial charge in [-0.15, -0.1) is 0 Å². The molecule has 0 unspecified atom stereocenters. The van der Waals surface area contributed by atoms with Gasteiger partial charge < -0.3 is 14.4 Å². The highest BCUT2D eigenvalue weighted by Crippen LogP contribution is 2.32. The van der Waals surface area contributed by atoms with E-state index in [9.17, 15) is 4.79 Å². The molecule has 1 saturated heterocycles. The van der Waals surface area contributed by atoms with Crippen molar-refractivity contribution < 1.29 is 14.3 Å². The van der Waals surface area contributed by atoms with Crippen LogP contribution in [0.5, 0.6) is 5.75 Å². The molecule has 4 rings (SSSR count). The maximum Gasteiger partial charge on any atom is 0.189 e. The van der Waals surface area contributed by atoms with Gasteiger partial charge in [0.2, 0.25) is 0 Å². The third-order valence-electron chi connectivity index (χ3n) is 5.16. The minimum atomic E-state index is 0.101. The lowest BCUT2D eigenvalue weighted by Crippen LogP contribution is -2.46. The van der Waals surface area contributed by atoms with Crippen molar-refractivity contribution in [1.82, 2.24) is 4.90 Å². The molecule has 2 aliphatic heterocycles. The van der Waals surface area contributed by atoms with Gasteiger partial charge in [-0.2, -0.15) is 0 Å². The maximum absolute atomic E-state index is 11.4. The Balaban J connectivity index is 1.40. The minimum Gasteiger partial charge on any atom is -0.467 e. The van der Waals surface area contributed by atoms with Crippen molar-refractivity contribution in [3.8, 4) is 5.75 Å². The molecule has 0 atom stereocenters. The number of Topliss-reactive ketones (excluding diaryl/α,β-unsaturated/α-hetero) is 1. The third kappa shape index (κ3) is 4.10. The van der Waals surface area contributed by atoms with E-state index in [-0.39, 0.29) is 5.78 Å². The molecule has 0 spiro atoms. The van der Waals surface area contributed by atoms with Crippen LogP contribution in [0.15, 0.2) is 36.4 Å². The van der Waals surface area contributed by atoms with Crippen molar-refractivity contribution in [3.05, 3.63) is 58.1 Å². The van der Waals surface area contributed by atoms with Crippen LogP contribution in [0.2, 0.25) is 5.02 Å². The van der Waals surface area contributed by atoms with Crippen molar-refractivity contribution in [1.29, 1.82) is 0 Å². The molecule has 6 heteroatoms. The van der Waals surface area contributed by atoms with Crippen LogP contribution < -0.4 is 9.64 Å². The zero-order valence-corrected chi connectivity index (χ0v) is 16.2. The summed E-state index contributed by atoms with van der Waals surface area (Å²) in [4.78, 5) is 16.2. The van der Waals surface area contributed by atoms with E-state index in [2.05, 4.69) is 9.80 Å². The topological polar surface area (TPSA) is 42.0 Å². The standard InChI is InChI=1S/C21H23ClN2O3/c1-15(25)16-2-4-20(5-3-16)24-8-6-23(7-9-24)12-17-10-19(22)11-18-13-26-14-27-21(17)18/h2-5,10-11H,6-9,12-14H2,1H3. The summed E-state index contributed by atoms with van der Waals surface area (Å²) in [5, 5.41) is 0.724. The number of hydrogen-bond donors (Lipinski definition) is 0. The second-order valence-electron chi connectivity index (χ2n) is 7.03. The molecule has 2 aliphatic rings. The Morgan fingerprint density at radius 2 is 1.85 bits per heavy atom. The molecule has 27 heavy (non-hydrogen) atoms. The van der Waals surface area contributed by atoms with Gasteiger partial charge in [-0.1, -0.05) is 11.6 Å². The molecule has 142 valence electrons. The molecular weight excluding hydrogens is 364 g/mol. The number of piperazine rings is 1. The summed E-state index contributed by atoms with van der Waals surface area (Å²) in [5.41, 5.74) is 4.07. The lowest BCUT2D eigenvalue weighted by molar-refractivity contribution is -0.0174. The summed E-state index contributed by atoms with van der Waals surface area (Å²) in [6.07, 6.45) is 0. The molecule has 0 bridgehead atoms. The normalized spacial score (nSPS) is 17.3. The molecule has 0 radical (unpaired) electrons. The van der Waals surface area contributed by atoms with Crippen LogP contribution in [0.4, 0.5) is 5.69 Å². The Hall–Kier alpha value is -2.08. The zero-order chi connectivity index (χ0) is 18.8. The summed E-state index contributed by atoms with van der Waals surface area (Å²) in [6.45, 7) is 7.09. The second kappa shape index (κ2) is 7.89. The summed E-state index contributed by atoms with van der Waals surface area (Å²) >= 11 is 6.28. The molecular formula is C21H23ClN2O3. The first-order valence-electron chi connectivity index (χ1n) is 9.20. The molecule has 0 N–H and O–H groups in total. The van der Waals surface area contributed by atoms with E-state index in [0.29, 0.717) is 13.4 Å². The average molecular weight is 387 g/mol. The van der Waals surface area contributed by atoms with Crippen molar-refractivity contribution >= 4 is 23.1 Å². The maximum atomic E-state index is 11.4. The van der Waals surface area contributed by atoms with Gasteiger partial charge in [0.15, 0.2) is 12.6 Å². The SMILES string of the molecule is CC(=O)c1ccc(N2CCN(Cc3cc(Cl)cc4c3OCOC4)CC2)cc1. The Kier molecular flexibility index (Phi) is 5.34. The predicted molar refractivity (Wildman–Crippen MR) is 106 cm³/mol. The van der Waals surface area contributed by atoms with Gasteiger partial charge in [-0.05, 0) is 43.3 Å². The van der Waals surface area contributed by atoms with Crippen molar-refractivity contribution in [2.45, 2.75) is 20.1 Å². The lowest BCUT2D eigenvalue weighted by atomic mass is 10.1. The molecule has 2 aromatic rings. The van der Waals surface area contributed by atoms with E-state index in [1.54, 1.807) is 6.92 Å².